The molecule has 0 saturated carbocycles. The first-order valence-corrected chi connectivity index (χ1v) is 11.8. The minimum Gasteiger partial charge on any atom is -0.496 e. The van der Waals surface area contributed by atoms with E-state index in [9.17, 15) is 9.59 Å². The van der Waals surface area contributed by atoms with Crippen LogP contribution >= 0.6 is 11.6 Å². The molecule has 0 unspecified atom stereocenters. The lowest BCUT2D eigenvalue weighted by Crippen LogP contribution is -2.26. The Hall–Kier alpha value is -2.53. The molecule has 0 atom stereocenters. The van der Waals surface area contributed by atoms with Gasteiger partial charge in [0.05, 0.1) is 12.7 Å². The van der Waals surface area contributed by atoms with E-state index in [-0.39, 0.29) is 5.91 Å². The SMILES string of the molecule is COc1ccc(Cl)cc1C(=O)NCCc1ccc(CCCCCCCCCC(=O)O)cc1. The summed E-state index contributed by atoms with van der Waals surface area (Å²) in [7, 11) is 1.53. The maximum absolute atomic E-state index is 12.4. The number of halogens is 1. The van der Waals surface area contributed by atoms with E-state index in [1.807, 2.05) is 0 Å². The van der Waals surface area contributed by atoms with E-state index in [1.54, 1.807) is 18.2 Å². The Morgan fingerprint density at radius 1 is 0.875 bits per heavy atom. The molecule has 0 heterocycles. The fourth-order valence-corrected chi connectivity index (χ4v) is 3.81. The van der Waals surface area contributed by atoms with Crippen molar-refractivity contribution in [1.29, 1.82) is 0 Å². The maximum Gasteiger partial charge on any atom is 0.303 e. The first-order valence-electron chi connectivity index (χ1n) is 11.4. The number of aryl methyl sites for hydroxylation is 1. The van der Waals surface area contributed by atoms with Crippen molar-refractivity contribution in [1.82, 2.24) is 5.32 Å². The van der Waals surface area contributed by atoms with Gasteiger partial charge >= 0.3 is 5.97 Å². The van der Waals surface area contributed by atoms with Crippen LogP contribution < -0.4 is 10.1 Å². The third-order valence-corrected chi connectivity index (χ3v) is 5.72. The number of rotatable bonds is 15. The quantitative estimate of drug-likeness (QED) is 0.317. The number of aliphatic carboxylic acids is 1. The van der Waals surface area contributed by atoms with E-state index in [0.717, 1.165) is 32.1 Å². The van der Waals surface area contributed by atoms with Crippen LogP contribution in [-0.4, -0.2) is 30.6 Å². The number of carboxylic acids is 1. The normalized spacial score (nSPS) is 10.7. The predicted molar refractivity (Wildman–Crippen MR) is 129 cm³/mol. The Kier molecular flexibility index (Phi) is 11.7. The molecule has 174 valence electrons. The molecule has 0 aliphatic carbocycles. The van der Waals surface area contributed by atoms with Gasteiger partial charge in [0.1, 0.15) is 5.75 Å². The molecule has 32 heavy (non-hydrogen) atoms. The van der Waals surface area contributed by atoms with Crippen LogP contribution in [0.3, 0.4) is 0 Å². The first-order chi connectivity index (χ1) is 15.5. The lowest BCUT2D eigenvalue weighted by molar-refractivity contribution is -0.137. The van der Waals surface area contributed by atoms with E-state index in [0.29, 0.717) is 29.3 Å². The van der Waals surface area contributed by atoms with Gasteiger partial charge in [-0.1, -0.05) is 68.0 Å². The van der Waals surface area contributed by atoms with Crippen LogP contribution in [0.15, 0.2) is 42.5 Å². The summed E-state index contributed by atoms with van der Waals surface area (Å²) in [4.78, 5) is 22.9. The first kappa shape index (κ1) is 25.7. The molecule has 6 heteroatoms. The van der Waals surface area contributed by atoms with Gasteiger partial charge in [-0.15, -0.1) is 0 Å². The van der Waals surface area contributed by atoms with Gasteiger partial charge in [0.15, 0.2) is 0 Å². The van der Waals surface area contributed by atoms with Crippen LogP contribution in [-0.2, 0) is 17.6 Å². The Labute approximate surface area is 196 Å². The molecule has 0 radical (unpaired) electrons. The highest BCUT2D eigenvalue weighted by molar-refractivity contribution is 6.31. The Morgan fingerprint density at radius 3 is 2.09 bits per heavy atom. The minimum absolute atomic E-state index is 0.192. The fourth-order valence-electron chi connectivity index (χ4n) is 3.64. The number of hydrogen-bond donors (Lipinski definition) is 2. The predicted octanol–water partition coefficient (Wildman–Crippen LogP) is 6.07. The smallest absolute Gasteiger partial charge is 0.303 e. The lowest BCUT2D eigenvalue weighted by Gasteiger charge is -2.10. The molecule has 0 bridgehead atoms. The van der Waals surface area contributed by atoms with E-state index < -0.39 is 5.97 Å². The maximum atomic E-state index is 12.4. The molecule has 0 aromatic heterocycles. The van der Waals surface area contributed by atoms with Crippen molar-refractivity contribution in [2.24, 2.45) is 0 Å². The van der Waals surface area contributed by atoms with Crippen LogP contribution in [0, 0.1) is 0 Å². The zero-order chi connectivity index (χ0) is 23.2. The number of methoxy groups -OCH3 is 1. The van der Waals surface area contributed by atoms with Gasteiger partial charge in [0, 0.05) is 18.0 Å². The minimum atomic E-state index is -0.695. The topological polar surface area (TPSA) is 75.6 Å². The zero-order valence-corrected chi connectivity index (χ0v) is 19.6. The lowest BCUT2D eigenvalue weighted by atomic mass is 10.0. The average molecular weight is 460 g/mol. The Balaban J connectivity index is 1.61. The summed E-state index contributed by atoms with van der Waals surface area (Å²) >= 11 is 6.00. The molecule has 2 aromatic rings. The molecule has 0 saturated heterocycles. The summed E-state index contributed by atoms with van der Waals surface area (Å²) in [6, 6.07) is 13.6. The molecular weight excluding hydrogens is 426 g/mol. The van der Waals surface area contributed by atoms with Crippen molar-refractivity contribution in [2.75, 3.05) is 13.7 Å². The van der Waals surface area contributed by atoms with Gasteiger partial charge < -0.3 is 15.2 Å². The van der Waals surface area contributed by atoms with E-state index in [2.05, 4.69) is 29.6 Å². The summed E-state index contributed by atoms with van der Waals surface area (Å²) < 4.78 is 5.24. The van der Waals surface area contributed by atoms with Crippen molar-refractivity contribution < 1.29 is 19.4 Å². The molecule has 0 aliphatic heterocycles. The second-order valence-corrected chi connectivity index (χ2v) is 8.47. The largest absolute Gasteiger partial charge is 0.496 e. The van der Waals surface area contributed by atoms with Crippen molar-refractivity contribution in [3.05, 3.63) is 64.2 Å². The fraction of sp³-hybridized carbons (Fsp3) is 0.462. The van der Waals surface area contributed by atoms with E-state index >= 15 is 0 Å². The molecule has 2 aromatic carbocycles. The third kappa shape index (κ3) is 9.73. The molecule has 0 fully saturated rings. The number of nitrogens with one attached hydrogen (secondary N) is 1. The van der Waals surface area contributed by atoms with Crippen LogP contribution in [0.5, 0.6) is 5.75 Å². The molecular formula is C26H34ClNO4. The van der Waals surface area contributed by atoms with Gasteiger partial charge in [-0.05, 0) is 55.0 Å². The second-order valence-electron chi connectivity index (χ2n) is 8.04. The highest BCUT2D eigenvalue weighted by Crippen LogP contribution is 2.22. The standard InChI is InChI=1S/C26H34ClNO4/c1-32-24-16-15-22(27)19-23(24)26(31)28-18-17-21-13-11-20(12-14-21)9-7-5-3-2-4-6-8-10-25(29)30/h11-16,19H,2-10,17-18H2,1H3,(H,28,31)(H,29,30). The third-order valence-electron chi connectivity index (χ3n) is 5.48. The van der Waals surface area contributed by atoms with Crippen LogP contribution in [0.4, 0.5) is 0 Å². The number of carboxylic acid groups (broad SMARTS) is 1. The highest BCUT2D eigenvalue weighted by atomic mass is 35.5. The summed E-state index contributed by atoms with van der Waals surface area (Å²) in [6.07, 6.45) is 9.84. The van der Waals surface area contributed by atoms with Gasteiger partial charge in [0.2, 0.25) is 0 Å². The monoisotopic (exact) mass is 459 g/mol. The number of amides is 1. The number of benzene rings is 2. The van der Waals surface area contributed by atoms with Crippen molar-refractivity contribution in [2.45, 2.75) is 64.2 Å². The van der Waals surface area contributed by atoms with Gasteiger partial charge in [-0.3, -0.25) is 9.59 Å². The van der Waals surface area contributed by atoms with Crippen LogP contribution in [0.25, 0.3) is 0 Å². The van der Waals surface area contributed by atoms with Crippen LogP contribution in [0.2, 0.25) is 5.02 Å². The highest BCUT2D eigenvalue weighted by Gasteiger charge is 2.12. The van der Waals surface area contributed by atoms with E-state index in [1.165, 1.54) is 43.9 Å². The van der Waals surface area contributed by atoms with Crippen molar-refractivity contribution >= 4 is 23.5 Å². The molecule has 0 spiro atoms. The number of ether oxygens (including phenoxy) is 1. The summed E-state index contributed by atoms with van der Waals surface area (Å²) in [5.74, 6) is -0.378. The number of hydrogen-bond acceptors (Lipinski definition) is 3. The Morgan fingerprint density at radius 2 is 1.47 bits per heavy atom. The zero-order valence-electron chi connectivity index (χ0n) is 18.9. The van der Waals surface area contributed by atoms with Crippen molar-refractivity contribution in [3.63, 3.8) is 0 Å². The molecule has 0 aliphatic rings. The molecule has 2 rings (SSSR count). The van der Waals surface area contributed by atoms with Crippen molar-refractivity contribution in [3.8, 4) is 5.75 Å². The molecule has 1 amide bonds. The van der Waals surface area contributed by atoms with Gasteiger partial charge in [0.25, 0.3) is 5.91 Å². The Bertz CT molecular complexity index is 851. The molecule has 2 N–H and O–H groups in total. The van der Waals surface area contributed by atoms with E-state index in [4.69, 9.17) is 21.4 Å². The summed E-state index contributed by atoms with van der Waals surface area (Å²) in [6.45, 7) is 0.542. The number of unbranched alkanes of at least 4 members (excludes halogenated alkanes) is 6. The average Bonchev–Trinajstić information content (AvgIpc) is 2.78. The van der Waals surface area contributed by atoms with Crippen LogP contribution in [0.1, 0.15) is 72.9 Å². The summed E-state index contributed by atoms with van der Waals surface area (Å²) in [5, 5.41) is 12.1. The number of carbonyl (C=O) groups excluding carboxylic acids is 1. The summed E-state index contributed by atoms with van der Waals surface area (Å²) in [5.41, 5.74) is 2.96. The second kappa shape index (κ2) is 14.5. The number of carbonyl (C=O) groups is 2. The van der Waals surface area contributed by atoms with Gasteiger partial charge in [-0.25, -0.2) is 0 Å². The molecule has 5 nitrogen and oxygen atoms in total. The van der Waals surface area contributed by atoms with Gasteiger partial charge in [-0.2, -0.15) is 0 Å².